The van der Waals surface area contributed by atoms with Crippen molar-refractivity contribution in [2.75, 3.05) is 11.9 Å². The summed E-state index contributed by atoms with van der Waals surface area (Å²) in [5.74, 6) is 0. The molecular formula is C15H18N4O2S2. The van der Waals surface area contributed by atoms with Gasteiger partial charge < -0.3 is 10.4 Å². The summed E-state index contributed by atoms with van der Waals surface area (Å²) < 4.78 is 1.30. The third-order valence-electron chi connectivity index (χ3n) is 3.53. The van der Waals surface area contributed by atoms with Crippen LogP contribution in [0, 0.1) is 0 Å². The van der Waals surface area contributed by atoms with Gasteiger partial charge in [-0.15, -0.1) is 5.10 Å². The van der Waals surface area contributed by atoms with Gasteiger partial charge in [0.05, 0.1) is 0 Å². The van der Waals surface area contributed by atoms with Crippen LogP contribution in [0.25, 0.3) is 4.96 Å². The first-order valence-electron chi connectivity index (χ1n) is 7.38. The minimum absolute atomic E-state index is 0.174. The van der Waals surface area contributed by atoms with Gasteiger partial charge in [0, 0.05) is 18.3 Å². The third-order valence-corrected chi connectivity index (χ3v) is 5.08. The van der Waals surface area contributed by atoms with Crippen LogP contribution in [0.2, 0.25) is 0 Å². The molecule has 0 amide bonds. The molecule has 6 nitrogen and oxygen atoms in total. The Hall–Kier alpha value is -1.77. The Bertz CT molecular complexity index is 852. The maximum Gasteiger partial charge on any atom is 0.275 e. The highest BCUT2D eigenvalue weighted by atomic mass is 32.1. The molecule has 1 unspecified atom stereocenters. The van der Waals surface area contributed by atoms with E-state index in [0.717, 1.165) is 24.1 Å². The lowest BCUT2D eigenvalue weighted by atomic mass is 10.00. The van der Waals surface area contributed by atoms with Crippen molar-refractivity contribution in [1.82, 2.24) is 14.6 Å². The van der Waals surface area contributed by atoms with Gasteiger partial charge in [-0.2, -0.15) is 15.9 Å². The van der Waals surface area contributed by atoms with E-state index < -0.39 is 5.60 Å². The monoisotopic (exact) mass is 350 g/mol. The molecule has 3 aromatic rings. The number of fused-ring (bicyclic) bond motifs is 1. The van der Waals surface area contributed by atoms with Crippen molar-refractivity contribution in [1.29, 1.82) is 0 Å². The zero-order chi connectivity index (χ0) is 16.4. The Morgan fingerprint density at radius 2 is 2.30 bits per heavy atom. The molecule has 0 fully saturated rings. The average molecular weight is 350 g/mol. The number of nitrogens with zero attached hydrogens (tertiary/aromatic N) is 3. The van der Waals surface area contributed by atoms with Crippen LogP contribution < -0.4 is 10.9 Å². The van der Waals surface area contributed by atoms with E-state index in [1.807, 2.05) is 16.8 Å². The van der Waals surface area contributed by atoms with Crippen LogP contribution in [-0.2, 0) is 12.0 Å². The number of aliphatic hydroxyl groups is 1. The molecule has 3 aromatic heterocycles. The van der Waals surface area contributed by atoms with Crippen molar-refractivity contribution in [3.8, 4) is 0 Å². The Labute approximate surface area is 141 Å². The zero-order valence-electron chi connectivity index (χ0n) is 12.9. The quantitative estimate of drug-likeness (QED) is 0.714. The van der Waals surface area contributed by atoms with E-state index in [9.17, 15) is 9.90 Å². The second kappa shape index (κ2) is 6.38. The van der Waals surface area contributed by atoms with Gasteiger partial charge in [0.1, 0.15) is 5.60 Å². The van der Waals surface area contributed by atoms with Crippen LogP contribution in [0.4, 0.5) is 5.13 Å². The first kappa shape index (κ1) is 16.1. The van der Waals surface area contributed by atoms with Gasteiger partial charge in [-0.05, 0) is 35.7 Å². The summed E-state index contributed by atoms with van der Waals surface area (Å²) in [5, 5.41) is 22.3. The zero-order valence-corrected chi connectivity index (χ0v) is 14.6. The highest BCUT2D eigenvalue weighted by Crippen LogP contribution is 2.24. The second-order valence-electron chi connectivity index (χ2n) is 5.58. The minimum Gasteiger partial charge on any atom is -0.384 e. The summed E-state index contributed by atoms with van der Waals surface area (Å²) >= 11 is 2.85. The van der Waals surface area contributed by atoms with Crippen molar-refractivity contribution >= 4 is 32.8 Å². The summed E-state index contributed by atoms with van der Waals surface area (Å²) in [6, 6.07) is 3.43. The van der Waals surface area contributed by atoms with Gasteiger partial charge in [-0.25, -0.2) is 4.98 Å². The predicted molar refractivity (Wildman–Crippen MR) is 93.5 cm³/mol. The molecule has 8 heteroatoms. The third kappa shape index (κ3) is 3.44. The molecule has 0 aliphatic carbocycles. The normalized spacial score (nSPS) is 14.0. The van der Waals surface area contributed by atoms with Gasteiger partial charge >= 0.3 is 0 Å². The van der Waals surface area contributed by atoms with E-state index in [2.05, 4.69) is 22.3 Å². The SMILES string of the molecule is CCCc1cc(=O)n2nc(NCC(C)(O)c3ccsc3)sc2n1. The van der Waals surface area contributed by atoms with E-state index >= 15 is 0 Å². The lowest BCUT2D eigenvalue weighted by molar-refractivity contribution is 0.0720. The number of aryl methyl sites for hydroxylation is 1. The van der Waals surface area contributed by atoms with E-state index in [1.54, 1.807) is 18.3 Å². The topological polar surface area (TPSA) is 79.5 Å². The first-order chi connectivity index (χ1) is 11.0. The molecule has 0 aliphatic heterocycles. The van der Waals surface area contributed by atoms with Crippen LogP contribution in [0.15, 0.2) is 27.7 Å². The van der Waals surface area contributed by atoms with Crippen LogP contribution in [0.1, 0.15) is 31.5 Å². The first-order valence-corrected chi connectivity index (χ1v) is 9.14. The molecule has 1 atom stereocenters. The highest BCUT2D eigenvalue weighted by Gasteiger charge is 2.24. The van der Waals surface area contributed by atoms with Gasteiger partial charge in [0.2, 0.25) is 10.1 Å². The molecule has 23 heavy (non-hydrogen) atoms. The summed E-state index contributed by atoms with van der Waals surface area (Å²) in [4.78, 5) is 17.1. The summed E-state index contributed by atoms with van der Waals surface area (Å²) in [6.07, 6.45) is 1.72. The molecular weight excluding hydrogens is 332 g/mol. The van der Waals surface area contributed by atoms with Crippen LogP contribution in [-0.4, -0.2) is 26.2 Å². The molecule has 0 aliphatic rings. The van der Waals surface area contributed by atoms with Crippen LogP contribution >= 0.6 is 22.7 Å². The van der Waals surface area contributed by atoms with E-state index in [4.69, 9.17) is 0 Å². The summed E-state index contributed by atoms with van der Waals surface area (Å²) in [6.45, 7) is 4.11. The van der Waals surface area contributed by atoms with E-state index in [1.165, 1.54) is 21.9 Å². The molecule has 0 saturated carbocycles. The number of nitrogens with one attached hydrogen (secondary N) is 1. The van der Waals surface area contributed by atoms with Crippen molar-refractivity contribution < 1.29 is 5.11 Å². The summed E-state index contributed by atoms with van der Waals surface area (Å²) in [5.41, 5.74) is 0.478. The molecule has 3 heterocycles. The van der Waals surface area contributed by atoms with Crippen LogP contribution in [0.3, 0.4) is 0 Å². The molecule has 0 radical (unpaired) electrons. The number of hydrogen-bond donors (Lipinski definition) is 2. The fraction of sp³-hybridized carbons (Fsp3) is 0.400. The molecule has 122 valence electrons. The molecule has 0 spiro atoms. The van der Waals surface area contributed by atoms with Gasteiger partial charge in [0.15, 0.2) is 0 Å². The summed E-state index contributed by atoms with van der Waals surface area (Å²) in [7, 11) is 0. The van der Waals surface area contributed by atoms with Gasteiger partial charge in [-0.3, -0.25) is 4.79 Å². The van der Waals surface area contributed by atoms with Crippen molar-refractivity contribution in [3.05, 3.63) is 44.5 Å². The number of anilines is 1. The fourth-order valence-corrected chi connectivity index (χ4v) is 3.84. The van der Waals surface area contributed by atoms with E-state index in [0.29, 0.717) is 16.6 Å². The van der Waals surface area contributed by atoms with Crippen molar-refractivity contribution in [2.45, 2.75) is 32.3 Å². The predicted octanol–water partition coefficient (Wildman–Crippen LogP) is 2.48. The van der Waals surface area contributed by atoms with Crippen LogP contribution in [0.5, 0.6) is 0 Å². The Kier molecular flexibility index (Phi) is 4.47. The minimum atomic E-state index is -0.996. The highest BCUT2D eigenvalue weighted by molar-refractivity contribution is 7.20. The number of hydrogen-bond acceptors (Lipinski definition) is 7. The number of rotatable bonds is 6. The lowest BCUT2D eigenvalue weighted by Crippen LogP contribution is -2.30. The standard InChI is InChI=1S/C15H18N4O2S2/c1-3-4-11-7-12(20)19-14(17-11)23-13(18-19)16-9-15(2,21)10-5-6-22-8-10/h5-8,21H,3-4,9H2,1-2H3,(H,16,18). The largest absolute Gasteiger partial charge is 0.384 e. The van der Waals surface area contributed by atoms with Gasteiger partial charge in [0.25, 0.3) is 5.56 Å². The molecule has 0 bridgehead atoms. The Morgan fingerprint density at radius 1 is 1.48 bits per heavy atom. The Balaban J connectivity index is 1.81. The molecule has 0 saturated heterocycles. The van der Waals surface area contributed by atoms with Crippen molar-refractivity contribution in [3.63, 3.8) is 0 Å². The van der Waals surface area contributed by atoms with Crippen molar-refractivity contribution in [2.24, 2.45) is 0 Å². The maximum atomic E-state index is 12.1. The smallest absolute Gasteiger partial charge is 0.275 e. The second-order valence-corrected chi connectivity index (χ2v) is 7.31. The fourth-order valence-electron chi connectivity index (χ4n) is 2.23. The molecule has 3 rings (SSSR count). The molecule has 0 aromatic carbocycles. The number of thiophene rings is 1. The molecule has 2 N–H and O–H groups in total. The van der Waals surface area contributed by atoms with E-state index in [-0.39, 0.29) is 5.56 Å². The number of aromatic nitrogens is 3. The average Bonchev–Trinajstić information content (AvgIpc) is 3.15. The Morgan fingerprint density at radius 3 is 3.00 bits per heavy atom. The lowest BCUT2D eigenvalue weighted by Gasteiger charge is -2.22. The van der Waals surface area contributed by atoms with Gasteiger partial charge in [-0.1, -0.05) is 24.7 Å². The maximum absolute atomic E-state index is 12.1.